The molecule has 0 aliphatic heterocycles. The van der Waals surface area contributed by atoms with E-state index in [-0.39, 0.29) is 0 Å². The van der Waals surface area contributed by atoms with Crippen molar-refractivity contribution in [3.63, 3.8) is 0 Å². The third-order valence-electron chi connectivity index (χ3n) is 3.28. The van der Waals surface area contributed by atoms with Crippen molar-refractivity contribution in [2.75, 3.05) is 19.6 Å². The number of rotatable bonds is 6. The third kappa shape index (κ3) is 5.02. The second-order valence-electron chi connectivity index (χ2n) is 5.11. The summed E-state index contributed by atoms with van der Waals surface area (Å²) in [6, 6.07) is 7.21. The molecule has 5 heteroatoms. The zero-order valence-corrected chi connectivity index (χ0v) is 12.5. The van der Waals surface area contributed by atoms with Gasteiger partial charge in [-0.3, -0.25) is 4.99 Å². The molecular formula is C15H22ClN3O. The second kappa shape index (κ2) is 7.50. The van der Waals surface area contributed by atoms with Crippen LogP contribution in [0.3, 0.4) is 0 Å². The van der Waals surface area contributed by atoms with Gasteiger partial charge in [-0.2, -0.15) is 0 Å². The van der Waals surface area contributed by atoms with Gasteiger partial charge in [-0.15, -0.1) is 0 Å². The van der Waals surface area contributed by atoms with Gasteiger partial charge in [0.25, 0.3) is 0 Å². The summed E-state index contributed by atoms with van der Waals surface area (Å²) in [5.41, 5.74) is 0.830. The molecule has 1 atom stereocenters. The van der Waals surface area contributed by atoms with Crippen molar-refractivity contribution in [1.29, 1.82) is 0 Å². The van der Waals surface area contributed by atoms with Gasteiger partial charge in [-0.25, -0.2) is 0 Å². The summed E-state index contributed by atoms with van der Waals surface area (Å²) in [6.07, 6.45) is 2.00. The maximum atomic E-state index is 10.1. The highest BCUT2D eigenvalue weighted by Gasteiger charge is 2.21. The fourth-order valence-corrected chi connectivity index (χ4v) is 2.00. The summed E-state index contributed by atoms with van der Waals surface area (Å²) in [5, 5.41) is 17.3. The molecule has 0 saturated heterocycles. The Morgan fingerprint density at radius 2 is 2.05 bits per heavy atom. The van der Waals surface area contributed by atoms with E-state index in [0.29, 0.717) is 11.6 Å². The molecule has 0 heterocycles. The molecule has 20 heavy (non-hydrogen) atoms. The van der Waals surface area contributed by atoms with Gasteiger partial charge in [0.2, 0.25) is 0 Å². The SMILES string of the molecule is CCNC(=NCC(O)c1ccc(Cl)cc1)NCC1CC1. The first-order valence-electron chi connectivity index (χ1n) is 7.14. The van der Waals surface area contributed by atoms with Crippen LogP contribution in [-0.4, -0.2) is 30.7 Å². The van der Waals surface area contributed by atoms with E-state index in [0.717, 1.165) is 30.5 Å². The highest BCUT2D eigenvalue weighted by atomic mass is 35.5. The molecule has 1 saturated carbocycles. The minimum Gasteiger partial charge on any atom is -0.386 e. The minimum absolute atomic E-state index is 0.335. The maximum Gasteiger partial charge on any atom is 0.191 e. The number of nitrogens with one attached hydrogen (secondary N) is 2. The number of guanidine groups is 1. The normalized spacial score (nSPS) is 16.9. The summed E-state index contributed by atoms with van der Waals surface area (Å²) in [7, 11) is 0. The lowest BCUT2D eigenvalue weighted by Crippen LogP contribution is -2.38. The second-order valence-corrected chi connectivity index (χ2v) is 5.55. The number of nitrogens with zero attached hydrogens (tertiary/aromatic N) is 1. The minimum atomic E-state index is -0.608. The topological polar surface area (TPSA) is 56.7 Å². The van der Waals surface area contributed by atoms with Crippen molar-refractivity contribution in [3.05, 3.63) is 34.9 Å². The highest BCUT2D eigenvalue weighted by Crippen LogP contribution is 2.27. The fraction of sp³-hybridized carbons (Fsp3) is 0.533. The van der Waals surface area contributed by atoms with Gasteiger partial charge in [-0.1, -0.05) is 23.7 Å². The number of aliphatic imine (C=N–C) groups is 1. The average molecular weight is 296 g/mol. The van der Waals surface area contributed by atoms with Gasteiger partial charge in [0, 0.05) is 18.1 Å². The molecule has 0 aromatic heterocycles. The summed E-state index contributed by atoms with van der Waals surface area (Å²) < 4.78 is 0. The largest absolute Gasteiger partial charge is 0.386 e. The number of hydrogen-bond donors (Lipinski definition) is 3. The zero-order chi connectivity index (χ0) is 14.4. The molecule has 0 radical (unpaired) electrons. The van der Waals surface area contributed by atoms with E-state index >= 15 is 0 Å². The molecule has 1 unspecified atom stereocenters. The van der Waals surface area contributed by atoms with E-state index in [1.54, 1.807) is 12.1 Å². The molecule has 1 aliphatic carbocycles. The Balaban J connectivity index is 1.87. The van der Waals surface area contributed by atoms with Gasteiger partial charge >= 0.3 is 0 Å². The molecule has 3 N–H and O–H groups in total. The predicted molar refractivity (Wildman–Crippen MR) is 83.1 cm³/mol. The quantitative estimate of drug-likeness (QED) is 0.558. The van der Waals surface area contributed by atoms with Crippen LogP contribution in [0.15, 0.2) is 29.3 Å². The van der Waals surface area contributed by atoms with Crippen LogP contribution >= 0.6 is 11.6 Å². The van der Waals surface area contributed by atoms with Crippen LogP contribution < -0.4 is 10.6 Å². The number of halogens is 1. The van der Waals surface area contributed by atoms with Crippen molar-refractivity contribution >= 4 is 17.6 Å². The van der Waals surface area contributed by atoms with Crippen LogP contribution in [0.2, 0.25) is 5.02 Å². The fourth-order valence-electron chi connectivity index (χ4n) is 1.87. The van der Waals surface area contributed by atoms with Crippen LogP contribution in [-0.2, 0) is 0 Å². The van der Waals surface area contributed by atoms with Crippen molar-refractivity contribution in [2.45, 2.75) is 25.9 Å². The van der Waals surface area contributed by atoms with E-state index in [4.69, 9.17) is 11.6 Å². The molecule has 0 amide bonds. The lowest BCUT2D eigenvalue weighted by atomic mass is 10.1. The summed E-state index contributed by atoms with van der Waals surface area (Å²) in [5.74, 6) is 1.56. The Bertz CT molecular complexity index is 443. The molecular weight excluding hydrogens is 274 g/mol. The lowest BCUT2D eigenvalue weighted by Gasteiger charge is -2.13. The van der Waals surface area contributed by atoms with Gasteiger partial charge < -0.3 is 15.7 Å². The van der Waals surface area contributed by atoms with E-state index in [1.807, 2.05) is 19.1 Å². The first-order valence-corrected chi connectivity index (χ1v) is 7.52. The summed E-state index contributed by atoms with van der Waals surface area (Å²) >= 11 is 5.83. The van der Waals surface area contributed by atoms with Gasteiger partial charge in [0.15, 0.2) is 5.96 Å². The first kappa shape index (κ1) is 15.1. The first-order chi connectivity index (χ1) is 9.69. The molecule has 2 rings (SSSR count). The Labute approximate surface area is 125 Å². The zero-order valence-electron chi connectivity index (χ0n) is 11.8. The highest BCUT2D eigenvalue weighted by molar-refractivity contribution is 6.30. The molecule has 4 nitrogen and oxygen atoms in total. The van der Waals surface area contributed by atoms with Crippen LogP contribution in [0.25, 0.3) is 0 Å². The molecule has 1 aromatic rings. The van der Waals surface area contributed by atoms with E-state index in [9.17, 15) is 5.11 Å². The molecule has 1 aliphatic rings. The Kier molecular flexibility index (Phi) is 5.68. The summed E-state index contributed by atoms with van der Waals surface area (Å²) in [4.78, 5) is 4.42. The van der Waals surface area contributed by atoms with Crippen molar-refractivity contribution < 1.29 is 5.11 Å². The molecule has 1 aromatic carbocycles. The van der Waals surface area contributed by atoms with E-state index in [1.165, 1.54) is 12.8 Å². The number of benzene rings is 1. The number of aliphatic hydroxyl groups is 1. The number of aliphatic hydroxyl groups excluding tert-OH is 1. The molecule has 110 valence electrons. The van der Waals surface area contributed by atoms with Gasteiger partial charge in [0.1, 0.15) is 0 Å². The van der Waals surface area contributed by atoms with Crippen LogP contribution in [0, 0.1) is 5.92 Å². The lowest BCUT2D eigenvalue weighted by molar-refractivity contribution is 0.187. The standard InChI is InChI=1S/C15H22ClN3O/c1-2-17-15(18-9-11-3-4-11)19-10-14(20)12-5-7-13(16)8-6-12/h5-8,11,14,20H,2-4,9-10H2,1H3,(H2,17,18,19). The Morgan fingerprint density at radius 3 is 2.65 bits per heavy atom. The van der Waals surface area contributed by atoms with E-state index < -0.39 is 6.10 Å². The number of hydrogen-bond acceptors (Lipinski definition) is 2. The van der Waals surface area contributed by atoms with Crippen molar-refractivity contribution in [2.24, 2.45) is 10.9 Å². The van der Waals surface area contributed by atoms with Crippen molar-refractivity contribution in [1.82, 2.24) is 10.6 Å². The van der Waals surface area contributed by atoms with Gasteiger partial charge in [-0.05, 0) is 43.4 Å². The summed E-state index contributed by atoms with van der Waals surface area (Å²) in [6.45, 7) is 4.14. The van der Waals surface area contributed by atoms with E-state index in [2.05, 4.69) is 15.6 Å². The molecule has 1 fully saturated rings. The monoisotopic (exact) mass is 295 g/mol. The van der Waals surface area contributed by atoms with Crippen LogP contribution in [0.1, 0.15) is 31.4 Å². The van der Waals surface area contributed by atoms with Gasteiger partial charge in [0.05, 0.1) is 12.6 Å². The van der Waals surface area contributed by atoms with Crippen LogP contribution in [0.4, 0.5) is 0 Å². The Hall–Kier alpha value is -1.26. The van der Waals surface area contributed by atoms with Crippen molar-refractivity contribution in [3.8, 4) is 0 Å². The van der Waals surface area contributed by atoms with Crippen LogP contribution in [0.5, 0.6) is 0 Å². The molecule has 0 bridgehead atoms. The predicted octanol–water partition coefficient (Wildman–Crippen LogP) is 2.34. The Morgan fingerprint density at radius 1 is 1.35 bits per heavy atom. The average Bonchev–Trinajstić information content (AvgIpc) is 3.26. The third-order valence-corrected chi connectivity index (χ3v) is 3.53. The molecule has 0 spiro atoms. The maximum absolute atomic E-state index is 10.1. The smallest absolute Gasteiger partial charge is 0.191 e.